The minimum Gasteiger partial charge on any atom is -0.284 e. The second kappa shape index (κ2) is 5.12. The summed E-state index contributed by atoms with van der Waals surface area (Å²) in [6.07, 6.45) is 7.29. The van der Waals surface area contributed by atoms with Crippen LogP contribution in [-0.4, -0.2) is 17.5 Å². The van der Waals surface area contributed by atoms with Crippen LogP contribution in [0.5, 0.6) is 0 Å². The number of aryl methyl sites for hydroxylation is 2. The Kier molecular flexibility index (Phi) is 3.34. The molecule has 0 spiro atoms. The van der Waals surface area contributed by atoms with Gasteiger partial charge in [-0.2, -0.15) is 5.26 Å². The average molecular weight is 240 g/mol. The van der Waals surface area contributed by atoms with Crippen molar-refractivity contribution in [3.63, 3.8) is 0 Å². The molecule has 0 radical (unpaired) electrons. The van der Waals surface area contributed by atoms with Gasteiger partial charge in [-0.05, 0) is 61.8 Å². The maximum atomic E-state index is 9.20. The summed E-state index contributed by atoms with van der Waals surface area (Å²) < 4.78 is 0. The molecule has 0 N–H and O–H groups in total. The van der Waals surface area contributed by atoms with Crippen LogP contribution in [-0.2, 0) is 19.4 Å². The van der Waals surface area contributed by atoms with E-state index in [1.807, 2.05) is 0 Å². The van der Waals surface area contributed by atoms with Crippen LogP contribution >= 0.6 is 0 Å². The fourth-order valence-corrected chi connectivity index (χ4v) is 3.28. The number of rotatable bonds is 2. The number of hydrogen-bond acceptors (Lipinski definition) is 2. The van der Waals surface area contributed by atoms with Gasteiger partial charge in [0.25, 0.3) is 0 Å². The molecule has 1 fully saturated rings. The molecule has 18 heavy (non-hydrogen) atoms. The van der Waals surface area contributed by atoms with Gasteiger partial charge in [0.1, 0.15) is 0 Å². The van der Waals surface area contributed by atoms with E-state index in [4.69, 9.17) is 0 Å². The smallest absolute Gasteiger partial charge is 0.0980 e. The maximum Gasteiger partial charge on any atom is 0.0980 e. The van der Waals surface area contributed by atoms with E-state index in [9.17, 15) is 5.26 Å². The molecule has 1 atom stereocenters. The topological polar surface area (TPSA) is 27.0 Å². The molecule has 2 aliphatic rings. The predicted molar refractivity (Wildman–Crippen MR) is 72.1 cm³/mol. The highest BCUT2D eigenvalue weighted by Crippen LogP contribution is 2.25. The van der Waals surface area contributed by atoms with E-state index in [1.165, 1.54) is 48.8 Å². The Labute approximate surface area is 109 Å². The van der Waals surface area contributed by atoms with Crippen LogP contribution in [0.4, 0.5) is 0 Å². The maximum absolute atomic E-state index is 9.20. The lowest BCUT2D eigenvalue weighted by atomic mass is 10.0. The quantitative estimate of drug-likeness (QED) is 0.794. The molecule has 3 rings (SSSR count). The van der Waals surface area contributed by atoms with E-state index in [-0.39, 0.29) is 6.04 Å². The van der Waals surface area contributed by atoms with Crippen molar-refractivity contribution >= 4 is 0 Å². The Morgan fingerprint density at radius 3 is 2.94 bits per heavy atom. The van der Waals surface area contributed by atoms with Crippen LogP contribution < -0.4 is 0 Å². The third-order valence-corrected chi connectivity index (χ3v) is 4.31. The molecule has 2 nitrogen and oxygen atoms in total. The molecule has 1 unspecified atom stereocenters. The molecule has 0 aromatic heterocycles. The van der Waals surface area contributed by atoms with Crippen molar-refractivity contribution in [2.75, 3.05) is 6.54 Å². The van der Waals surface area contributed by atoms with Crippen LogP contribution in [0.15, 0.2) is 18.2 Å². The Morgan fingerprint density at radius 1 is 1.17 bits per heavy atom. The molecular formula is C16H20N2. The Hall–Kier alpha value is -1.33. The van der Waals surface area contributed by atoms with Gasteiger partial charge in [-0.1, -0.05) is 18.2 Å². The lowest BCUT2D eigenvalue weighted by Crippen LogP contribution is -2.37. The van der Waals surface area contributed by atoms with E-state index in [0.717, 1.165) is 19.5 Å². The normalized spacial score (nSPS) is 23.6. The van der Waals surface area contributed by atoms with Crippen LogP contribution in [0.2, 0.25) is 0 Å². The highest BCUT2D eigenvalue weighted by atomic mass is 15.2. The largest absolute Gasteiger partial charge is 0.284 e. The van der Waals surface area contributed by atoms with Crippen molar-refractivity contribution in [1.82, 2.24) is 4.90 Å². The summed E-state index contributed by atoms with van der Waals surface area (Å²) in [4.78, 5) is 2.35. The highest BCUT2D eigenvalue weighted by molar-refractivity contribution is 5.35. The summed E-state index contributed by atoms with van der Waals surface area (Å²) in [6, 6.07) is 9.50. The van der Waals surface area contributed by atoms with Gasteiger partial charge in [-0.3, -0.25) is 4.90 Å². The Morgan fingerprint density at radius 2 is 2.06 bits per heavy atom. The molecule has 1 aliphatic carbocycles. The number of benzene rings is 1. The van der Waals surface area contributed by atoms with Gasteiger partial charge in [-0.15, -0.1) is 0 Å². The van der Waals surface area contributed by atoms with E-state index < -0.39 is 0 Å². The van der Waals surface area contributed by atoms with Gasteiger partial charge >= 0.3 is 0 Å². The first-order chi connectivity index (χ1) is 8.86. The highest BCUT2D eigenvalue weighted by Gasteiger charge is 2.22. The molecule has 1 aliphatic heterocycles. The molecule has 2 heteroatoms. The summed E-state index contributed by atoms with van der Waals surface area (Å²) in [5, 5.41) is 9.20. The van der Waals surface area contributed by atoms with Gasteiger partial charge in [0.2, 0.25) is 0 Å². The Bertz CT molecular complexity index is 472. The van der Waals surface area contributed by atoms with Crippen molar-refractivity contribution in [3.05, 3.63) is 34.9 Å². The van der Waals surface area contributed by atoms with E-state index >= 15 is 0 Å². The van der Waals surface area contributed by atoms with E-state index in [0.29, 0.717) is 0 Å². The number of piperidine rings is 1. The number of fused-ring (bicyclic) bond motifs is 1. The van der Waals surface area contributed by atoms with Crippen molar-refractivity contribution in [2.24, 2.45) is 0 Å². The zero-order chi connectivity index (χ0) is 12.4. The number of nitriles is 1. The van der Waals surface area contributed by atoms with Crippen LogP contribution in [0, 0.1) is 11.3 Å². The zero-order valence-corrected chi connectivity index (χ0v) is 10.9. The third kappa shape index (κ3) is 2.28. The molecule has 0 saturated carbocycles. The summed E-state index contributed by atoms with van der Waals surface area (Å²) in [5.41, 5.74) is 4.46. The predicted octanol–water partition coefficient (Wildman–Crippen LogP) is 3.05. The first-order valence-electron chi connectivity index (χ1n) is 7.11. The van der Waals surface area contributed by atoms with Gasteiger partial charge in [0, 0.05) is 6.54 Å². The molecule has 1 heterocycles. The van der Waals surface area contributed by atoms with Crippen LogP contribution in [0.3, 0.4) is 0 Å². The van der Waals surface area contributed by atoms with Gasteiger partial charge in [0.05, 0.1) is 12.1 Å². The molecule has 0 amide bonds. The minimum absolute atomic E-state index is 0.131. The molecule has 0 bridgehead atoms. The molecular weight excluding hydrogens is 220 g/mol. The van der Waals surface area contributed by atoms with Crippen molar-refractivity contribution in [3.8, 4) is 6.07 Å². The van der Waals surface area contributed by atoms with E-state index in [1.54, 1.807) is 0 Å². The fourth-order valence-electron chi connectivity index (χ4n) is 3.28. The molecule has 1 aromatic carbocycles. The molecule has 94 valence electrons. The van der Waals surface area contributed by atoms with Crippen LogP contribution in [0.1, 0.15) is 42.4 Å². The minimum atomic E-state index is 0.131. The summed E-state index contributed by atoms with van der Waals surface area (Å²) in [5.74, 6) is 0. The summed E-state index contributed by atoms with van der Waals surface area (Å²) >= 11 is 0. The number of hydrogen-bond donors (Lipinski definition) is 0. The molecule has 1 saturated heterocycles. The standard InChI is InChI=1S/C16H20N2/c17-11-16-6-1-2-9-18(16)12-13-7-8-14-4-3-5-15(14)10-13/h7-8,10,16H,1-6,9,12H2. The number of nitrogens with zero attached hydrogens (tertiary/aromatic N) is 2. The lowest BCUT2D eigenvalue weighted by molar-refractivity contribution is 0.176. The third-order valence-electron chi connectivity index (χ3n) is 4.31. The van der Waals surface area contributed by atoms with Crippen LogP contribution in [0.25, 0.3) is 0 Å². The van der Waals surface area contributed by atoms with Crippen molar-refractivity contribution in [1.29, 1.82) is 5.26 Å². The Balaban J connectivity index is 1.74. The van der Waals surface area contributed by atoms with Gasteiger partial charge in [-0.25, -0.2) is 0 Å². The SMILES string of the molecule is N#CC1CCCCN1Cc1ccc2c(c1)CCC2. The summed E-state index contributed by atoms with van der Waals surface area (Å²) in [6.45, 7) is 2.03. The second-order valence-electron chi connectivity index (χ2n) is 5.57. The second-order valence-corrected chi connectivity index (χ2v) is 5.57. The first kappa shape index (κ1) is 11.7. The first-order valence-corrected chi connectivity index (χ1v) is 7.11. The lowest BCUT2D eigenvalue weighted by Gasteiger charge is -2.31. The molecule has 1 aromatic rings. The van der Waals surface area contributed by atoms with Gasteiger partial charge in [0.15, 0.2) is 0 Å². The van der Waals surface area contributed by atoms with E-state index in [2.05, 4.69) is 29.2 Å². The monoisotopic (exact) mass is 240 g/mol. The van der Waals surface area contributed by atoms with Crippen molar-refractivity contribution < 1.29 is 0 Å². The zero-order valence-electron chi connectivity index (χ0n) is 10.9. The fraction of sp³-hybridized carbons (Fsp3) is 0.562. The summed E-state index contributed by atoms with van der Waals surface area (Å²) in [7, 11) is 0. The van der Waals surface area contributed by atoms with Crippen molar-refractivity contribution in [2.45, 2.75) is 51.1 Å². The van der Waals surface area contributed by atoms with Gasteiger partial charge < -0.3 is 0 Å². The average Bonchev–Trinajstić information content (AvgIpc) is 2.87. The number of likely N-dealkylation sites (tertiary alicyclic amines) is 1.